The number of nitrogens with two attached hydrogens (primary N) is 1. The molecule has 6 nitrogen and oxygen atoms in total. The summed E-state index contributed by atoms with van der Waals surface area (Å²) in [4.78, 5) is 15.0. The maximum absolute atomic E-state index is 5.84. The van der Waals surface area contributed by atoms with E-state index in [0.29, 0.717) is 18.3 Å². The lowest BCUT2D eigenvalue weighted by Gasteiger charge is -2.16. The Labute approximate surface area is 155 Å². The molecular formula is C18H19BrN6. The summed E-state index contributed by atoms with van der Waals surface area (Å²) in [6, 6.07) is 18.0. The quantitative estimate of drug-likeness (QED) is 0.660. The lowest BCUT2D eigenvalue weighted by Crippen LogP contribution is -2.20. The first-order chi connectivity index (χ1) is 12.1. The topological polar surface area (TPSA) is 80.0 Å². The molecule has 3 aromatic rings. The third-order valence-corrected chi connectivity index (χ3v) is 4.03. The summed E-state index contributed by atoms with van der Waals surface area (Å²) >= 11 is 3.41. The van der Waals surface area contributed by atoms with Crippen molar-refractivity contribution in [2.75, 3.05) is 18.1 Å². The molecule has 0 fully saturated rings. The van der Waals surface area contributed by atoms with Crippen molar-refractivity contribution >= 4 is 33.5 Å². The van der Waals surface area contributed by atoms with Crippen LogP contribution in [0.2, 0.25) is 0 Å². The van der Waals surface area contributed by atoms with E-state index < -0.39 is 0 Å². The van der Waals surface area contributed by atoms with E-state index in [1.54, 1.807) is 0 Å². The van der Waals surface area contributed by atoms with Gasteiger partial charge >= 0.3 is 0 Å². The van der Waals surface area contributed by atoms with Gasteiger partial charge in [0.1, 0.15) is 5.82 Å². The zero-order chi connectivity index (χ0) is 17.6. The second-order valence-electron chi connectivity index (χ2n) is 5.72. The van der Waals surface area contributed by atoms with E-state index >= 15 is 0 Å². The van der Waals surface area contributed by atoms with Crippen molar-refractivity contribution in [3.05, 3.63) is 70.5 Å². The first-order valence-corrected chi connectivity index (χ1v) is 8.63. The molecule has 1 heterocycles. The Morgan fingerprint density at radius 3 is 2.40 bits per heavy atom. The van der Waals surface area contributed by atoms with Gasteiger partial charge in [0.05, 0.1) is 6.54 Å². The summed E-state index contributed by atoms with van der Waals surface area (Å²) in [5.41, 5.74) is 7.96. The van der Waals surface area contributed by atoms with Crippen molar-refractivity contribution in [1.82, 2.24) is 19.9 Å². The van der Waals surface area contributed by atoms with Crippen LogP contribution in [-0.2, 0) is 13.1 Å². The van der Waals surface area contributed by atoms with Crippen molar-refractivity contribution in [1.29, 1.82) is 0 Å². The van der Waals surface area contributed by atoms with Crippen LogP contribution in [-0.4, -0.2) is 26.9 Å². The summed E-state index contributed by atoms with van der Waals surface area (Å²) in [5.74, 6) is 1.28. The molecule has 128 valence electrons. The Balaban J connectivity index is 1.69. The molecule has 0 aliphatic heterocycles. The Kier molecular flexibility index (Phi) is 5.57. The van der Waals surface area contributed by atoms with Crippen LogP contribution in [0.1, 0.15) is 11.4 Å². The zero-order valence-electron chi connectivity index (χ0n) is 13.9. The average Bonchev–Trinajstić information content (AvgIpc) is 2.57. The molecule has 0 aliphatic carbocycles. The van der Waals surface area contributed by atoms with Crippen LogP contribution < -0.4 is 11.1 Å². The summed E-state index contributed by atoms with van der Waals surface area (Å²) in [5, 5.41) is 3.15. The molecule has 0 radical (unpaired) electrons. The summed E-state index contributed by atoms with van der Waals surface area (Å²) in [6.45, 7) is 1.39. The predicted octanol–water partition coefficient (Wildman–Crippen LogP) is 3.59. The predicted molar refractivity (Wildman–Crippen MR) is 103 cm³/mol. The summed E-state index contributed by atoms with van der Waals surface area (Å²) < 4.78 is 1.01. The van der Waals surface area contributed by atoms with Crippen LogP contribution >= 0.6 is 15.9 Å². The van der Waals surface area contributed by atoms with Gasteiger partial charge in [0, 0.05) is 16.7 Å². The van der Waals surface area contributed by atoms with Crippen LogP contribution in [0.3, 0.4) is 0 Å². The lowest BCUT2D eigenvalue weighted by molar-refractivity contribution is 0.310. The number of nitrogens with zero attached hydrogens (tertiary/aromatic N) is 4. The molecule has 0 amide bonds. The Hall–Kier alpha value is -2.51. The highest BCUT2D eigenvalue weighted by Gasteiger charge is 2.08. The number of hydrogen-bond acceptors (Lipinski definition) is 6. The highest BCUT2D eigenvalue weighted by Crippen LogP contribution is 2.17. The van der Waals surface area contributed by atoms with Gasteiger partial charge in [0.15, 0.2) is 0 Å². The minimum absolute atomic E-state index is 0.206. The summed E-state index contributed by atoms with van der Waals surface area (Å²) in [6.07, 6.45) is 0. The number of anilines is 3. The van der Waals surface area contributed by atoms with Gasteiger partial charge in [-0.1, -0.05) is 46.3 Å². The van der Waals surface area contributed by atoms with E-state index in [0.717, 1.165) is 16.7 Å². The van der Waals surface area contributed by atoms with Gasteiger partial charge in [-0.05, 0) is 36.9 Å². The average molecular weight is 399 g/mol. The normalized spacial score (nSPS) is 10.8. The largest absolute Gasteiger partial charge is 0.368 e. The van der Waals surface area contributed by atoms with Crippen LogP contribution in [0.4, 0.5) is 17.6 Å². The van der Waals surface area contributed by atoms with Gasteiger partial charge in [-0.25, -0.2) is 0 Å². The minimum Gasteiger partial charge on any atom is -0.368 e. The molecule has 3 rings (SSSR count). The molecule has 0 unspecified atom stereocenters. The molecule has 3 N–H and O–H groups in total. The standard InChI is InChI=1S/C18H19BrN6/c1-25(11-13-5-3-2-4-6-13)12-16-22-17(20)24-18(23-16)21-15-9-7-14(19)8-10-15/h2-10H,11-12H2,1H3,(H3,20,21,22,23,24). The van der Waals surface area contributed by atoms with Crippen molar-refractivity contribution in [3.8, 4) is 0 Å². The van der Waals surface area contributed by atoms with Gasteiger partial charge in [0.25, 0.3) is 0 Å². The lowest BCUT2D eigenvalue weighted by atomic mass is 10.2. The molecule has 0 bridgehead atoms. The van der Waals surface area contributed by atoms with E-state index in [2.05, 4.69) is 53.2 Å². The fraction of sp³-hybridized carbons (Fsp3) is 0.167. The third-order valence-electron chi connectivity index (χ3n) is 3.51. The molecule has 0 saturated heterocycles. The maximum Gasteiger partial charge on any atom is 0.232 e. The van der Waals surface area contributed by atoms with Crippen molar-refractivity contribution in [2.45, 2.75) is 13.1 Å². The van der Waals surface area contributed by atoms with Gasteiger partial charge < -0.3 is 11.1 Å². The minimum atomic E-state index is 0.206. The second-order valence-corrected chi connectivity index (χ2v) is 6.64. The molecular weight excluding hydrogens is 380 g/mol. The number of nitrogens with one attached hydrogen (secondary N) is 1. The van der Waals surface area contributed by atoms with Crippen LogP contribution in [0.25, 0.3) is 0 Å². The van der Waals surface area contributed by atoms with Crippen LogP contribution in [0.15, 0.2) is 59.1 Å². The maximum atomic E-state index is 5.84. The van der Waals surface area contributed by atoms with Gasteiger partial charge in [0.2, 0.25) is 11.9 Å². The molecule has 7 heteroatoms. The number of rotatable bonds is 6. The molecule has 0 aliphatic rings. The monoisotopic (exact) mass is 398 g/mol. The van der Waals surface area contributed by atoms with Gasteiger partial charge in [-0.15, -0.1) is 0 Å². The molecule has 1 aromatic heterocycles. The van der Waals surface area contributed by atoms with Crippen LogP contribution in [0.5, 0.6) is 0 Å². The highest BCUT2D eigenvalue weighted by molar-refractivity contribution is 9.10. The van der Waals surface area contributed by atoms with Gasteiger partial charge in [-0.3, -0.25) is 4.90 Å². The molecule has 25 heavy (non-hydrogen) atoms. The van der Waals surface area contributed by atoms with E-state index in [-0.39, 0.29) is 5.95 Å². The molecule has 0 spiro atoms. The Morgan fingerprint density at radius 1 is 0.960 bits per heavy atom. The molecule has 0 saturated carbocycles. The fourth-order valence-corrected chi connectivity index (χ4v) is 2.68. The zero-order valence-corrected chi connectivity index (χ0v) is 15.4. The Bertz CT molecular complexity index is 823. The second kappa shape index (κ2) is 8.04. The van der Waals surface area contributed by atoms with Crippen LogP contribution in [0, 0.1) is 0 Å². The number of halogens is 1. The number of benzene rings is 2. The van der Waals surface area contributed by atoms with E-state index in [4.69, 9.17) is 5.73 Å². The fourth-order valence-electron chi connectivity index (χ4n) is 2.42. The molecule has 2 aromatic carbocycles. The first kappa shape index (κ1) is 17.3. The van der Waals surface area contributed by atoms with E-state index in [1.165, 1.54) is 5.56 Å². The SMILES string of the molecule is CN(Cc1ccccc1)Cc1nc(N)nc(Nc2ccc(Br)cc2)n1. The first-order valence-electron chi connectivity index (χ1n) is 7.84. The van der Waals surface area contributed by atoms with Gasteiger partial charge in [-0.2, -0.15) is 15.0 Å². The molecule has 0 atom stereocenters. The van der Waals surface area contributed by atoms with Crippen molar-refractivity contribution in [3.63, 3.8) is 0 Å². The third kappa shape index (κ3) is 5.23. The highest BCUT2D eigenvalue weighted by atomic mass is 79.9. The number of aromatic nitrogens is 3. The smallest absolute Gasteiger partial charge is 0.232 e. The van der Waals surface area contributed by atoms with E-state index in [1.807, 2.05) is 49.5 Å². The van der Waals surface area contributed by atoms with Crippen molar-refractivity contribution in [2.24, 2.45) is 0 Å². The Morgan fingerprint density at radius 2 is 1.68 bits per heavy atom. The van der Waals surface area contributed by atoms with Crippen molar-refractivity contribution < 1.29 is 0 Å². The number of hydrogen-bond donors (Lipinski definition) is 2. The van der Waals surface area contributed by atoms with E-state index in [9.17, 15) is 0 Å². The summed E-state index contributed by atoms with van der Waals surface area (Å²) in [7, 11) is 2.02. The number of nitrogen functional groups attached to an aromatic ring is 1.